The minimum absolute atomic E-state index is 0. The molecule has 0 amide bonds. The van der Waals surface area contributed by atoms with Crippen molar-refractivity contribution >= 4 is 29.9 Å². The van der Waals surface area contributed by atoms with Crippen molar-refractivity contribution in [2.45, 2.75) is 0 Å². The number of nitrogens with one attached hydrogen (secondary N) is 2. The first kappa shape index (κ1) is 19.2. The highest BCUT2D eigenvalue weighted by Crippen LogP contribution is 1.75. The molecule has 0 aromatic rings. The van der Waals surface area contributed by atoms with Crippen LogP contribution in [0, 0.1) is 0 Å². The van der Waals surface area contributed by atoms with Gasteiger partial charge in [0.15, 0.2) is 5.96 Å². The van der Waals surface area contributed by atoms with Crippen LogP contribution in [0.4, 0.5) is 0 Å². The number of ether oxygens (including phenoxy) is 3. The summed E-state index contributed by atoms with van der Waals surface area (Å²) in [6.07, 6.45) is 0. The molecular weight excluding hydrogens is 337 g/mol. The van der Waals surface area contributed by atoms with Gasteiger partial charge in [0.1, 0.15) is 0 Å². The maximum Gasteiger partial charge on any atom is 0.191 e. The second-order valence-electron chi connectivity index (χ2n) is 3.02. The number of rotatable bonds is 9. The summed E-state index contributed by atoms with van der Waals surface area (Å²) < 4.78 is 15.1. The van der Waals surface area contributed by atoms with Gasteiger partial charge in [-0.25, -0.2) is 0 Å². The number of hydrogen-bond donors (Lipinski definition) is 2. The van der Waals surface area contributed by atoms with E-state index in [4.69, 9.17) is 14.2 Å². The molecule has 0 bridgehead atoms. The lowest BCUT2D eigenvalue weighted by molar-refractivity contribution is 0.0733. The van der Waals surface area contributed by atoms with E-state index in [2.05, 4.69) is 15.6 Å². The lowest BCUT2D eigenvalue weighted by atomic mass is 10.6. The van der Waals surface area contributed by atoms with Gasteiger partial charge in [-0.05, 0) is 0 Å². The van der Waals surface area contributed by atoms with Gasteiger partial charge in [0.05, 0.1) is 26.4 Å². The third-order valence-electron chi connectivity index (χ3n) is 1.79. The van der Waals surface area contributed by atoms with Crippen LogP contribution in [-0.2, 0) is 14.2 Å². The highest BCUT2D eigenvalue weighted by molar-refractivity contribution is 14.0. The number of nitrogens with zero attached hydrogens (tertiary/aromatic N) is 1. The molecule has 7 heteroatoms. The molecule has 0 heterocycles. The summed E-state index contributed by atoms with van der Waals surface area (Å²) in [4.78, 5) is 4.05. The smallest absolute Gasteiger partial charge is 0.191 e. The van der Waals surface area contributed by atoms with Gasteiger partial charge in [0.2, 0.25) is 0 Å². The molecule has 17 heavy (non-hydrogen) atoms. The van der Waals surface area contributed by atoms with Gasteiger partial charge < -0.3 is 24.8 Å². The molecule has 104 valence electrons. The second-order valence-corrected chi connectivity index (χ2v) is 3.02. The first-order chi connectivity index (χ1) is 7.85. The Morgan fingerprint density at radius 3 is 2.06 bits per heavy atom. The van der Waals surface area contributed by atoms with Gasteiger partial charge in [-0.1, -0.05) is 0 Å². The fraction of sp³-hybridized carbons (Fsp3) is 0.900. The van der Waals surface area contributed by atoms with Gasteiger partial charge in [-0.15, -0.1) is 24.0 Å². The molecule has 0 radical (unpaired) electrons. The fourth-order valence-corrected chi connectivity index (χ4v) is 0.978. The highest BCUT2D eigenvalue weighted by atomic mass is 127. The summed E-state index contributed by atoms with van der Waals surface area (Å²) in [6.45, 7) is 3.99. The topological polar surface area (TPSA) is 64.1 Å². The Labute approximate surface area is 121 Å². The zero-order chi connectivity index (χ0) is 12.1. The normalized spacial score (nSPS) is 10.9. The summed E-state index contributed by atoms with van der Waals surface area (Å²) in [5, 5.41) is 6.23. The highest BCUT2D eigenvalue weighted by Gasteiger charge is 1.95. The first-order valence-electron chi connectivity index (χ1n) is 5.35. The van der Waals surface area contributed by atoms with Crippen molar-refractivity contribution in [1.82, 2.24) is 10.6 Å². The van der Waals surface area contributed by atoms with E-state index in [0.29, 0.717) is 26.4 Å². The molecule has 0 unspecified atom stereocenters. The Balaban J connectivity index is 0. The van der Waals surface area contributed by atoms with E-state index in [1.54, 1.807) is 21.3 Å². The Morgan fingerprint density at radius 1 is 0.941 bits per heavy atom. The summed E-state index contributed by atoms with van der Waals surface area (Å²) in [6, 6.07) is 0. The molecule has 0 spiro atoms. The van der Waals surface area contributed by atoms with E-state index >= 15 is 0 Å². The predicted molar refractivity (Wildman–Crippen MR) is 79.4 cm³/mol. The minimum Gasteiger partial charge on any atom is -0.383 e. The van der Waals surface area contributed by atoms with Crippen LogP contribution < -0.4 is 10.6 Å². The molecular formula is C10H24IN3O3. The van der Waals surface area contributed by atoms with Gasteiger partial charge in [-0.2, -0.15) is 0 Å². The van der Waals surface area contributed by atoms with Crippen LogP contribution in [-0.4, -0.2) is 66.7 Å². The number of aliphatic imine (C=N–C) groups is 1. The molecule has 0 saturated carbocycles. The van der Waals surface area contributed by atoms with E-state index in [9.17, 15) is 0 Å². The van der Waals surface area contributed by atoms with Crippen molar-refractivity contribution in [3.05, 3.63) is 0 Å². The van der Waals surface area contributed by atoms with E-state index in [1.165, 1.54) is 0 Å². The van der Waals surface area contributed by atoms with Gasteiger partial charge in [0.25, 0.3) is 0 Å². The second kappa shape index (κ2) is 15.9. The van der Waals surface area contributed by atoms with Crippen LogP contribution in [0.1, 0.15) is 0 Å². The Hall–Kier alpha value is -0.120. The third-order valence-corrected chi connectivity index (χ3v) is 1.79. The molecule has 0 aromatic carbocycles. The number of hydrogen-bond acceptors (Lipinski definition) is 4. The lowest BCUT2D eigenvalue weighted by Crippen LogP contribution is -2.40. The summed E-state index contributed by atoms with van der Waals surface area (Å²) >= 11 is 0. The van der Waals surface area contributed by atoms with E-state index in [-0.39, 0.29) is 24.0 Å². The number of guanidine groups is 1. The standard InChI is InChI=1S/C10H23N3O3.HI/c1-11-10(12-4-6-14-2)13-5-7-16-9-8-15-3;/h4-9H2,1-3H3,(H2,11,12,13);1H. The summed E-state index contributed by atoms with van der Waals surface area (Å²) in [7, 11) is 5.05. The zero-order valence-electron chi connectivity index (χ0n) is 10.8. The predicted octanol–water partition coefficient (Wildman–Crippen LogP) is 0.0788. The van der Waals surface area contributed by atoms with Crippen LogP contribution in [0.2, 0.25) is 0 Å². The van der Waals surface area contributed by atoms with E-state index in [1.807, 2.05) is 0 Å². The third kappa shape index (κ3) is 13.8. The SMILES string of the molecule is CN=C(NCCOC)NCCOCCOC.I. The molecule has 0 aliphatic rings. The fourth-order valence-electron chi connectivity index (χ4n) is 0.978. The molecule has 0 fully saturated rings. The van der Waals surface area contributed by atoms with Crippen LogP contribution >= 0.6 is 24.0 Å². The monoisotopic (exact) mass is 361 g/mol. The largest absolute Gasteiger partial charge is 0.383 e. The number of halogens is 1. The molecule has 0 atom stereocenters. The van der Waals surface area contributed by atoms with Gasteiger partial charge in [0, 0.05) is 34.4 Å². The summed E-state index contributed by atoms with van der Waals surface area (Å²) in [5.74, 6) is 0.757. The Kier molecular flexibility index (Phi) is 18.0. The van der Waals surface area contributed by atoms with Crippen LogP contribution in [0.3, 0.4) is 0 Å². The maximum atomic E-state index is 5.30. The molecule has 0 aliphatic heterocycles. The van der Waals surface area contributed by atoms with Crippen molar-refractivity contribution in [1.29, 1.82) is 0 Å². The first-order valence-corrected chi connectivity index (χ1v) is 5.35. The van der Waals surface area contributed by atoms with Crippen LogP contribution in [0.15, 0.2) is 4.99 Å². The van der Waals surface area contributed by atoms with Crippen molar-refractivity contribution < 1.29 is 14.2 Å². The van der Waals surface area contributed by atoms with Gasteiger partial charge >= 0.3 is 0 Å². The maximum absolute atomic E-state index is 5.30. The van der Waals surface area contributed by atoms with Crippen molar-refractivity contribution in [3.63, 3.8) is 0 Å². The average Bonchev–Trinajstić information content (AvgIpc) is 2.31. The van der Waals surface area contributed by atoms with Crippen molar-refractivity contribution in [2.24, 2.45) is 4.99 Å². The minimum atomic E-state index is 0. The molecule has 0 rings (SSSR count). The van der Waals surface area contributed by atoms with Crippen LogP contribution in [0.5, 0.6) is 0 Å². The van der Waals surface area contributed by atoms with E-state index < -0.39 is 0 Å². The van der Waals surface area contributed by atoms with Gasteiger partial charge in [-0.3, -0.25) is 4.99 Å². The molecule has 6 nitrogen and oxygen atoms in total. The molecule has 2 N–H and O–H groups in total. The van der Waals surface area contributed by atoms with Crippen LogP contribution in [0.25, 0.3) is 0 Å². The zero-order valence-corrected chi connectivity index (χ0v) is 13.2. The molecule has 0 saturated heterocycles. The number of methoxy groups -OCH3 is 2. The molecule has 0 aromatic heterocycles. The quantitative estimate of drug-likeness (QED) is 0.264. The molecule has 0 aliphatic carbocycles. The van der Waals surface area contributed by atoms with Crippen molar-refractivity contribution in [3.8, 4) is 0 Å². The van der Waals surface area contributed by atoms with Crippen molar-refractivity contribution in [2.75, 3.05) is 60.8 Å². The summed E-state index contributed by atoms with van der Waals surface area (Å²) in [5.41, 5.74) is 0. The Morgan fingerprint density at radius 2 is 1.53 bits per heavy atom. The van der Waals surface area contributed by atoms with E-state index in [0.717, 1.165) is 19.0 Å². The lowest BCUT2D eigenvalue weighted by Gasteiger charge is -2.11. The Bertz CT molecular complexity index is 182. The average molecular weight is 361 g/mol.